The number of hydrogen-bond donors (Lipinski definition) is 2. The van der Waals surface area contributed by atoms with Gasteiger partial charge in [0.15, 0.2) is 0 Å². The molecule has 0 saturated carbocycles. The van der Waals surface area contributed by atoms with E-state index in [1.807, 2.05) is 63.2 Å². The standard InChI is InChI=1S/C23H23N3O2S/c1-14-9-15(2)22(16(3)10-14)25-21(28)13-29-23-19(12-24)18(11-20(27)26-23)17-7-5-4-6-8-17/h4-10,18H,11,13H2,1-3H3,(H,25,28)(H,26,27)/t18-/m0/s1. The number of nitrogens with zero attached hydrogens (tertiary/aromatic N) is 1. The molecule has 0 saturated heterocycles. The van der Waals surface area contributed by atoms with E-state index < -0.39 is 0 Å². The minimum absolute atomic E-state index is 0.106. The average Bonchev–Trinajstić information content (AvgIpc) is 2.69. The molecule has 0 unspecified atom stereocenters. The van der Waals surface area contributed by atoms with Gasteiger partial charge in [0.25, 0.3) is 0 Å². The van der Waals surface area contributed by atoms with Gasteiger partial charge in [0.2, 0.25) is 11.8 Å². The van der Waals surface area contributed by atoms with Crippen molar-refractivity contribution < 1.29 is 9.59 Å². The lowest BCUT2D eigenvalue weighted by Crippen LogP contribution is -2.31. The third-order valence-electron chi connectivity index (χ3n) is 4.85. The summed E-state index contributed by atoms with van der Waals surface area (Å²) in [4.78, 5) is 24.7. The minimum Gasteiger partial charge on any atom is -0.325 e. The number of anilines is 1. The molecule has 1 aliphatic rings. The highest BCUT2D eigenvalue weighted by Gasteiger charge is 2.29. The van der Waals surface area contributed by atoms with E-state index in [2.05, 4.69) is 16.7 Å². The van der Waals surface area contributed by atoms with E-state index in [4.69, 9.17) is 0 Å². The zero-order valence-corrected chi connectivity index (χ0v) is 17.5. The van der Waals surface area contributed by atoms with Crippen LogP contribution in [-0.2, 0) is 9.59 Å². The summed E-state index contributed by atoms with van der Waals surface area (Å²) in [5.74, 6) is -0.506. The molecule has 1 aliphatic heterocycles. The average molecular weight is 406 g/mol. The van der Waals surface area contributed by atoms with E-state index in [0.717, 1.165) is 27.9 Å². The van der Waals surface area contributed by atoms with Gasteiger partial charge in [0, 0.05) is 18.0 Å². The summed E-state index contributed by atoms with van der Waals surface area (Å²) in [5, 5.41) is 15.9. The molecule has 29 heavy (non-hydrogen) atoms. The lowest BCUT2D eigenvalue weighted by atomic mass is 9.87. The van der Waals surface area contributed by atoms with E-state index in [1.165, 1.54) is 11.8 Å². The molecule has 148 valence electrons. The maximum atomic E-state index is 12.5. The maximum Gasteiger partial charge on any atom is 0.234 e. The van der Waals surface area contributed by atoms with Gasteiger partial charge in [-0.15, -0.1) is 0 Å². The molecule has 5 nitrogen and oxygen atoms in total. The van der Waals surface area contributed by atoms with Gasteiger partial charge in [0.05, 0.1) is 22.4 Å². The Labute approximate surface area is 175 Å². The predicted molar refractivity (Wildman–Crippen MR) is 116 cm³/mol. The van der Waals surface area contributed by atoms with Crippen molar-refractivity contribution in [3.05, 3.63) is 75.3 Å². The Morgan fingerprint density at radius 2 is 1.86 bits per heavy atom. The fraction of sp³-hybridized carbons (Fsp3) is 0.261. The van der Waals surface area contributed by atoms with Crippen LogP contribution in [0, 0.1) is 32.1 Å². The largest absolute Gasteiger partial charge is 0.325 e. The summed E-state index contributed by atoms with van der Waals surface area (Å²) in [6, 6.07) is 15.8. The number of nitrogens with one attached hydrogen (secondary N) is 2. The number of carbonyl (C=O) groups excluding carboxylic acids is 2. The van der Waals surface area contributed by atoms with Gasteiger partial charge in [-0.1, -0.05) is 59.8 Å². The summed E-state index contributed by atoms with van der Waals surface area (Å²) >= 11 is 1.19. The highest BCUT2D eigenvalue weighted by molar-refractivity contribution is 8.03. The highest BCUT2D eigenvalue weighted by atomic mass is 32.2. The fourth-order valence-corrected chi connectivity index (χ4v) is 4.47. The molecule has 0 spiro atoms. The minimum atomic E-state index is -0.290. The van der Waals surface area contributed by atoms with Gasteiger partial charge in [0.1, 0.15) is 0 Å². The Balaban J connectivity index is 1.76. The number of rotatable bonds is 5. The van der Waals surface area contributed by atoms with E-state index in [0.29, 0.717) is 10.6 Å². The van der Waals surface area contributed by atoms with Crippen LogP contribution in [0.1, 0.15) is 34.6 Å². The van der Waals surface area contributed by atoms with Crippen LogP contribution in [0.4, 0.5) is 5.69 Å². The molecule has 2 N–H and O–H groups in total. The Kier molecular flexibility index (Phi) is 6.40. The van der Waals surface area contributed by atoms with Gasteiger partial charge < -0.3 is 10.6 Å². The van der Waals surface area contributed by atoms with Crippen LogP contribution in [0.2, 0.25) is 0 Å². The van der Waals surface area contributed by atoms with Gasteiger partial charge in [-0.25, -0.2) is 0 Å². The van der Waals surface area contributed by atoms with Crippen LogP contribution < -0.4 is 10.6 Å². The third-order valence-corrected chi connectivity index (χ3v) is 5.86. The van der Waals surface area contributed by atoms with Gasteiger partial charge in [-0.05, 0) is 37.5 Å². The van der Waals surface area contributed by atoms with Crippen LogP contribution in [0.3, 0.4) is 0 Å². The van der Waals surface area contributed by atoms with Crippen LogP contribution in [-0.4, -0.2) is 17.6 Å². The van der Waals surface area contributed by atoms with Crippen molar-refractivity contribution in [3.8, 4) is 6.07 Å². The summed E-state index contributed by atoms with van der Waals surface area (Å²) in [5.41, 5.74) is 5.39. The second kappa shape index (κ2) is 8.97. The van der Waals surface area contributed by atoms with E-state index in [-0.39, 0.29) is 29.9 Å². The zero-order valence-electron chi connectivity index (χ0n) is 16.7. The third kappa shape index (κ3) is 4.87. The lowest BCUT2D eigenvalue weighted by Gasteiger charge is -2.25. The molecule has 3 rings (SSSR count). The quantitative estimate of drug-likeness (QED) is 0.776. The Morgan fingerprint density at radius 3 is 2.48 bits per heavy atom. The molecular weight excluding hydrogens is 382 g/mol. The molecule has 0 aromatic heterocycles. The summed E-state index contributed by atoms with van der Waals surface area (Å²) < 4.78 is 0. The van der Waals surface area contributed by atoms with E-state index >= 15 is 0 Å². The van der Waals surface area contributed by atoms with Crippen LogP contribution in [0.15, 0.2) is 53.1 Å². The van der Waals surface area contributed by atoms with Crippen molar-refractivity contribution in [3.63, 3.8) is 0 Å². The first kappa shape index (κ1) is 20.7. The second-order valence-corrected chi connectivity index (χ2v) is 8.17. The van der Waals surface area contributed by atoms with Crippen molar-refractivity contribution in [2.24, 2.45) is 0 Å². The number of aryl methyl sites for hydroxylation is 3. The van der Waals surface area contributed by atoms with Gasteiger partial charge in [-0.3, -0.25) is 9.59 Å². The molecule has 2 aromatic rings. The van der Waals surface area contributed by atoms with Gasteiger partial charge >= 0.3 is 0 Å². The number of amides is 2. The van der Waals surface area contributed by atoms with Crippen LogP contribution in [0.5, 0.6) is 0 Å². The molecule has 0 fully saturated rings. The maximum absolute atomic E-state index is 12.5. The number of allylic oxidation sites excluding steroid dienone is 1. The SMILES string of the molecule is Cc1cc(C)c(NC(=O)CSC2=C(C#N)[C@H](c3ccccc3)CC(=O)N2)c(C)c1. The van der Waals surface area contributed by atoms with Crippen molar-refractivity contribution in [2.75, 3.05) is 11.1 Å². The first-order valence-electron chi connectivity index (χ1n) is 9.38. The summed E-state index contributed by atoms with van der Waals surface area (Å²) in [6.07, 6.45) is 0.227. The molecule has 1 heterocycles. The van der Waals surface area contributed by atoms with Gasteiger partial charge in [-0.2, -0.15) is 5.26 Å². The zero-order chi connectivity index (χ0) is 21.0. The number of thioether (sulfide) groups is 1. The van der Waals surface area contributed by atoms with Crippen LogP contribution >= 0.6 is 11.8 Å². The normalized spacial score (nSPS) is 16.2. The lowest BCUT2D eigenvalue weighted by molar-refractivity contribution is -0.121. The van der Waals surface area contributed by atoms with Crippen molar-refractivity contribution in [1.29, 1.82) is 5.26 Å². The first-order chi connectivity index (χ1) is 13.9. The smallest absolute Gasteiger partial charge is 0.234 e. The fourth-order valence-electron chi connectivity index (χ4n) is 3.59. The molecule has 1 atom stereocenters. The monoisotopic (exact) mass is 405 g/mol. The second-order valence-electron chi connectivity index (χ2n) is 7.18. The predicted octanol–water partition coefficient (Wildman–Crippen LogP) is 4.32. The van der Waals surface area contributed by atoms with Crippen molar-refractivity contribution in [2.45, 2.75) is 33.1 Å². The number of benzene rings is 2. The number of hydrogen-bond acceptors (Lipinski definition) is 4. The molecule has 2 amide bonds. The summed E-state index contributed by atoms with van der Waals surface area (Å²) in [6.45, 7) is 5.95. The molecular formula is C23H23N3O2S. The number of carbonyl (C=O) groups is 2. The highest BCUT2D eigenvalue weighted by Crippen LogP contribution is 2.35. The Bertz CT molecular complexity index is 999. The summed E-state index contributed by atoms with van der Waals surface area (Å²) in [7, 11) is 0. The molecule has 0 bridgehead atoms. The van der Waals surface area contributed by atoms with Crippen LogP contribution in [0.25, 0.3) is 0 Å². The first-order valence-corrected chi connectivity index (χ1v) is 10.4. The van der Waals surface area contributed by atoms with Crippen molar-refractivity contribution in [1.82, 2.24) is 5.32 Å². The Morgan fingerprint density at radius 1 is 1.21 bits per heavy atom. The van der Waals surface area contributed by atoms with E-state index in [9.17, 15) is 14.9 Å². The topological polar surface area (TPSA) is 82.0 Å². The number of nitriles is 1. The molecule has 0 aliphatic carbocycles. The molecule has 6 heteroatoms. The van der Waals surface area contributed by atoms with E-state index in [1.54, 1.807) is 0 Å². The molecule has 0 radical (unpaired) electrons. The Hall–Kier alpha value is -3.04. The van der Waals surface area contributed by atoms with Crippen molar-refractivity contribution >= 4 is 29.3 Å². The molecule has 2 aromatic carbocycles.